The minimum atomic E-state index is -0.0420. The normalized spacial score (nSPS) is 12.5. The molecule has 0 bridgehead atoms. The highest BCUT2D eigenvalue weighted by molar-refractivity contribution is 14.1. The van der Waals surface area contributed by atoms with Crippen molar-refractivity contribution in [2.45, 2.75) is 89.6 Å². The second kappa shape index (κ2) is 16.5. The second-order valence-corrected chi connectivity index (χ2v) is 6.61. The summed E-state index contributed by atoms with van der Waals surface area (Å²) in [4.78, 5) is 0. The Kier molecular flexibility index (Phi) is 16.9. The van der Waals surface area contributed by atoms with Gasteiger partial charge in [0.05, 0.1) is 6.10 Å². The van der Waals surface area contributed by atoms with Gasteiger partial charge in [-0.2, -0.15) is 0 Å². The molecule has 19 heavy (non-hydrogen) atoms. The van der Waals surface area contributed by atoms with Crippen molar-refractivity contribution < 1.29 is 5.11 Å². The van der Waals surface area contributed by atoms with Gasteiger partial charge in [0.2, 0.25) is 0 Å². The molecule has 0 heterocycles. The number of aliphatic hydroxyl groups is 1. The molecule has 0 aliphatic rings. The first kappa shape index (κ1) is 19.4. The Hall–Kier alpha value is 0.430. The van der Waals surface area contributed by atoms with Crippen LogP contribution in [0.3, 0.4) is 0 Å². The van der Waals surface area contributed by atoms with Gasteiger partial charge in [0, 0.05) is 0 Å². The number of allylic oxidation sites excluding steroid dienone is 1. The molecule has 114 valence electrons. The number of alkyl halides is 1. The molecule has 0 aromatic carbocycles. The van der Waals surface area contributed by atoms with Crippen LogP contribution in [0.4, 0.5) is 0 Å². The molecular formula is C17H33IO. The Morgan fingerprint density at radius 3 is 1.79 bits per heavy atom. The van der Waals surface area contributed by atoms with E-state index in [1.807, 2.05) is 6.08 Å². The Balaban J connectivity index is 3.04. The first-order chi connectivity index (χ1) is 9.31. The summed E-state index contributed by atoms with van der Waals surface area (Å²) >= 11 is 2.38. The third-order valence-electron chi connectivity index (χ3n) is 3.62. The van der Waals surface area contributed by atoms with E-state index in [9.17, 15) is 5.11 Å². The fourth-order valence-corrected chi connectivity index (χ4v) is 2.80. The Bertz CT molecular complexity index is 182. The first-order valence-electron chi connectivity index (χ1n) is 8.16. The van der Waals surface area contributed by atoms with Crippen LogP contribution in [0.25, 0.3) is 0 Å². The van der Waals surface area contributed by atoms with E-state index < -0.39 is 0 Å². The van der Waals surface area contributed by atoms with Crippen LogP contribution in [0, 0.1) is 0 Å². The Morgan fingerprint density at radius 1 is 0.789 bits per heavy atom. The van der Waals surface area contributed by atoms with E-state index in [0.29, 0.717) is 0 Å². The number of unbranched alkanes of at least 4 members (excludes halogenated alkanes) is 9. The van der Waals surface area contributed by atoms with Gasteiger partial charge in [0.1, 0.15) is 0 Å². The van der Waals surface area contributed by atoms with Gasteiger partial charge in [-0.25, -0.2) is 0 Å². The maximum absolute atomic E-state index is 9.71. The Morgan fingerprint density at radius 2 is 1.26 bits per heavy atom. The first-order valence-corrected chi connectivity index (χ1v) is 9.68. The van der Waals surface area contributed by atoms with Gasteiger partial charge in [0.15, 0.2) is 0 Å². The van der Waals surface area contributed by atoms with Crippen molar-refractivity contribution in [3.63, 3.8) is 0 Å². The van der Waals surface area contributed by atoms with Crippen LogP contribution in [0.15, 0.2) is 12.7 Å². The van der Waals surface area contributed by atoms with E-state index in [4.69, 9.17) is 0 Å². The summed E-state index contributed by atoms with van der Waals surface area (Å²) in [7, 11) is 0. The minimum absolute atomic E-state index is 0.0420. The molecule has 0 amide bonds. The molecule has 2 heteroatoms. The standard InChI is InChI=1S/C17H33IO/c1-2-3-4-5-6-7-8-9-10-11-12-14-17(19)15-13-16-18/h2,17,19H,1,3-16H2/t17-/m1/s1. The number of hydrogen-bond donors (Lipinski definition) is 1. The smallest absolute Gasteiger partial charge is 0.0540 e. The van der Waals surface area contributed by atoms with Crippen molar-refractivity contribution in [1.29, 1.82) is 0 Å². The van der Waals surface area contributed by atoms with Crippen molar-refractivity contribution in [2.75, 3.05) is 4.43 Å². The van der Waals surface area contributed by atoms with Crippen molar-refractivity contribution in [3.05, 3.63) is 12.7 Å². The van der Waals surface area contributed by atoms with Gasteiger partial charge >= 0.3 is 0 Å². The van der Waals surface area contributed by atoms with Crippen LogP contribution in [0.5, 0.6) is 0 Å². The lowest BCUT2D eigenvalue weighted by molar-refractivity contribution is 0.150. The summed E-state index contributed by atoms with van der Waals surface area (Å²) in [6, 6.07) is 0. The zero-order valence-corrected chi connectivity index (χ0v) is 14.7. The summed E-state index contributed by atoms with van der Waals surface area (Å²) in [5, 5.41) is 9.71. The SMILES string of the molecule is C=CCCCCCCCCCCC[C@@H](O)CCCI. The molecule has 0 aromatic rings. The van der Waals surface area contributed by atoms with Gasteiger partial charge in [0.25, 0.3) is 0 Å². The lowest BCUT2D eigenvalue weighted by atomic mass is 10.0. The zero-order valence-electron chi connectivity index (χ0n) is 12.6. The van der Waals surface area contributed by atoms with Crippen LogP contribution >= 0.6 is 22.6 Å². The zero-order chi connectivity index (χ0) is 14.2. The fourth-order valence-electron chi connectivity index (χ4n) is 2.36. The highest BCUT2D eigenvalue weighted by Crippen LogP contribution is 2.13. The molecule has 0 rings (SSSR count). The lowest BCUT2D eigenvalue weighted by Crippen LogP contribution is -2.06. The van der Waals surface area contributed by atoms with E-state index in [0.717, 1.165) is 19.3 Å². The van der Waals surface area contributed by atoms with Crippen molar-refractivity contribution in [1.82, 2.24) is 0 Å². The van der Waals surface area contributed by atoms with Gasteiger partial charge < -0.3 is 5.11 Å². The highest BCUT2D eigenvalue weighted by atomic mass is 127. The van der Waals surface area contributed by atoms with E-state index in [1.165, 1.54) is 68.6 Å². The molecule has 1 N–H and O–H groups in total. The van der Waals surface area contributed by atoms with Crippen LogP contribution in [-0.4, -0.2) is 15.6 Å². The summed E-state index contributed by atoms with van der Waals surface area (Å²) in [6.07, 6.45) is 18.4. The van der Waals surface area contributed by atoms with Gasteiger partial charge in [-0.1, -0.05) is 80.0 Å². The average molecular weight is 380 g/mol. The average Bonchev–Trinajstić information content (AvgIpc) is 2.42. The minimum Gasteiger partial charge on any atom is -0.393 e. The quantitative estimate of drug-likeness (QED) is 0.159. The summed E-state index contributed by atoms with van der Waals surface area (Å²) in [5.74, 6) is 0. The third-order valence-corrected chi connectivity index (χ3v) is 4.38. The predicted molar refractivity (Wildman–Crippen MR) is 95.1 cm³/mol. The van der Waals surface area contributed by atoms with Crippen LogP contribution in [0.2, 0.25) is 0 Å². The van der Waals surface area contributed by atoms with Gasteiger partial charge in [-0.3, -0.25) is 0 Å². The summed E-state index contributed by atoms with van der Waals surface area (Å²) in [5.41, 5.74) is 0. The summed E-state index contributed by atoms with van der Waals surface area (Å²) in [6.45, 7) is 3.75. The molecule has 1 atom stereocenters. The van der Waals surface area contributed by atoms with Gasteiger partial charge in [-0.05, 0) is 36.5 Å². The van der Waals surface area contributed by atoms with E-state index in [1.54, 1.807) is 0 Å². The van der Waals surface area contributed by atoms with Crippen LogP contribution < -0.4 is 0 Å². The monoisotopic (exact) mass is 380 g/mol. The second-order valence-electron chi connectivity index (χ2n) is 5.53. The largest absolute Gasteiger partial charge is 0.393 e. The Labute approximate surface area is 134 Å². The number of hydrogen-bond acceptors (Lipinski definition) is 1. The summed E-state index contributed by atoms with van der Waals surface area (Å²) < 4.78 is 1.17. The predicted octanol–water partition coefficient (Wildman–Crippen LogP) is 6.04. The fraction of sp³-hybridized carbons (Fsp3) is 0.882. The molecule has 1 nitrogen and oxygen atoms in total. The number of halogens is 1. The topological polar surface area (TPSA) is 20.2 Å². The highest BCUT2D eigenvalue weighted by Gasteiger charge is 2.02. The molecular weight excluding hydrogens is 347 g/mol. The van der Waals surface area contributed by atoms with Crippen LogP contribution in [0.1, 0.15) is 83.5 Å². The van der Waals surface area contributed by atoms with E-state index in [2.05, 4.69) is 29.2 Å². The molecule has 0 saturated heterocycles. The van der Waals surface area contributed by atoms with E-state index in [-0.39, 0.29) is 6.10 Å². The molecule has 0 radical (unpaired) electrons. The van der Waals surface area contributed by atoms with Crippen LogP contribution in [-0.2, 0) is 0 Å². The number of aliphatic hydroxyl groups excluding tert-OH is 1. The van der Waals surface area contributed by atoms with Gasteiger partial charge in [-0.15, -0.1) is 6.58 Å². The molecule has 0 aromatic heterocycles. The number of rotatable bonds is 15. The molecule has 0 aliphatic heterocycles. The molecule has 0 fully saturated rings. The molecule has 0 saturated carbocycles. The molecule has 0 unspecified atom stereocenters. The van der Waals surface area contributed by atoms with Crippen molar-refractivity contribution >= 4 is 22.6 Å². The van der Waals surface area contributed by atoms with Crippen molar-refractivity contribution in [3.8, 4) is 0 Å². The maximum atomic E-state index is 9.71. The van der Waals surface area contributed by atoms with E-state index >= 15 is 0 Å². The lowest BCUT2D eigenvalue weighted by Gasteiger charge is -2.09. The maximum Gasteiger partial charge on any atom is 0.0540 e. The third kappa shape index (κ3) is 16.4. The molecule has 0 spiro atoms. The molecule has 0 aliphatic carbocycles. The van der Waals surface area contributed by atoms with Crippen molar-refractivity contribution in [2.24, 2.45) is 0 Å².